The summed E-state index contributed by atoms with van der Waals surface area (Å²) in [6.45, 7) is 17.8. The zero-order chi connectivity index (χ0) is 11.6. The van der Waals surface area contributed by atoms with Crippen molar-refractivity contribution in [3.8, 4) is 0 Å². The predicted octanol–water partition coefficient (Wildman–Crippen LogP) is 5.14. The Morgan fingerprint density at radius 2 is 1.21 bits per heavy atom. The fourth-order valence-electron chi connectivity index (χ4n) is 1.51. The molecule has 0 aromatic carbocycles. The van der Waals surface area contributed by atoms with Crippen LogP contribution >= 0.6 is 0 Å². The number of allylic oxidation sites excluding steroid dienone is 4. The van der Waals surface area contributed by atoms with Crippen LogP contribution in [-0.2, 0) is 0 Å². The zero-order valence-electron chi connectivity index (χ0n) is 10.6. The average molecular weight is 194 g/mol. The monoisotopic (exact) mass is 194 g/mol. The Kier molecular flexibility index (Phi) is 11.5. The Bertz CT molecular complexity index is 164. The highest BCUT2D eigenvalue weighted by atomic mass is 14.2. The molecule has 0 aliphatic heterocycles. The highest BCUT2D eigenvalue weighted by Crippen LogP contribution is 2.31. The summed E-state index contributed by atoms with van der Waals surface area (Å²) in [6, 6.07) is 0. The first-order valence-electron chi connectivity index (χ1n) is 5.74. The highest BCUT2D eigenvalue weighted by molar-refractivity contribution is 5.35. The Hall–Kier alpha value is -0.780. The van der Waals surface area contributed by atoms with Crippen LogP contribution in [0.25, 0.3) is 0 Å². The van der Waals surface area contributed by atoms with Crippen LogP contribution in [0.15, 0.2) is 36.5 Å². The lowest BCUT2D eigenvalue weighted by Gasteiger charge is -1.96. The molecule has 0 heteroatoms. The van der Waals surface area contributed by atoms with E-state index in [2.05, 4.69) is 20.1 Å². The van der Waals surface area contributed by atoms with Crippen molar-refractivity contribution in [1.82, 2.24) is 0 Å². The molecule has 0 saturated carbocycles. The quantitative estimate of drug-likeness (QED) is 0.571. The molecule has 0 aromatic heterocycles. The summed E-state index contributed by atoms with van der Waals surface area (Å²) in [7, 11) is 0. The van der Waals surface area contributed by atoms with E-state index >= 15 is 0 Å². The molecule has 0 spiro atoms. The molecule has 1 aliphatic rings. The molecule has 1 aliphatic carbocycles. The van der Waals surface area contributed by atoms with Gasteiger partial charge in [0.2, 0.25) is 0 Å². The van der Waals surface area contributed by atoms with Crippen molar-refractivity contribution < 1.29 is 0 Å². The Morgan fingerprint density at radius 3 is 1.43 bits per heavy atom. The van der Waals surface area contributed by atoms with Crippen LogP contribution in [0.5, 0.6) is 0 Å². The second kappa shape index (κ2) is 10.3. The maximum atomic E-state index is 3.77. The van der Waals surface area contributed by atoms with Crippen LogP contribution in [0.3, 0.4) is 0 Å². The molecule has 82 valence electrons. The van der Waals surface area contributed by atoms with Gasteiger partial charge in [-0.05, 0) is 29.9 Å². The lowest BCUT2D eigenvalue weighted by atomic mass is 10.1. The normalized spacial score (nSPS) is 14.9. The largest absolute Gasteiger partial charge is 0.0988 e. The minimum absolute atomic E-state index is 0.793. The summed E-state index contributed by atoms with van der Waals surface area (Å²) in [5, 5.41) is 0. The zero-order valence-corrected chi connectivity index (χ0v) is 10.6. The van der Waals surface area contributed by atoms with Crippen molar-refractivity contribution in [2.24, 2.45) is 5.92 Å². The van der Waals surface area contributed by atoms with Crippen LogP contribution in [0.4, 0.5) is 0 Å². The minimum atomic E-state index is 0.793. The summed E-state index contributed by atoms with van der Waals surface area (Å²) in [6.07, 6.45) is 6.29. The van der Waals surface area contributed by atoms with Crippen LogP contribution in [0.2, 0.25) is 0 Å². The van der Waals surface area contributed by atoms with Gasteiger partial charge in [0.1, 0.15) is 0 Å². The van der Waals surface area contributed by atoms with Crippen molar-refractivity contribution in [2.75, 3.05) is 0 Å². The second-order valence-electron chi connectivity index (χ2n) is 2.97. The van der Waals surface area contributed by atoms with E-state index in [0.717, 1.165) is 5.92 Å². The summed E-state index contributed by atoms with van der Waals surface area (Å²) >= 11 is 0. The fraction of sp³-hybridized carbons (Fsp3) is 0.571. The molecule has 0 bridgehead atoms. The van der Waals surface area contributed by atoms with Gasteiger partial charge < -0.3 is 0 Å². The molecule has 1 rings (SSSR count). The van der Waals surface area contributed by atoms with Crippen molar-refractivity contribution in [3.63, 3.8) is 0 Å². The van der Waals surface area contributed by atoms with E-state index in [0.29, 0.717) is 0 Å². The topological polar surface area (TPSA) is 0 Å². The van der Waals surface area contributed by atoms with Crippen LogP contribution < -0.4 is 0 Å². The van der Waals surface area contributed by atoms with Crippen molar-refractivity contribution >= 4 is 0 Å². The molecular formula is C14H26. The van der Waals surface area contributed by atoms with E-state index < -0.39 is 0 Å². The van der Waals surface area contributed by atoms with E-state index in [1.165, 1.54) is 24.0 Å². The smallest absolute Gasteiger partial charge is 0.0247 e. The fourth-order valence-corrected chi connectivity index (χ4v) is 1.51. The van der Waals surface area contributed by atoms with E-state index in [9.17, 15) is 0 Å². The van der Waals surface area contributed by atoms with Gasteiger partial charge >= 0.3 is 0 Å². The minimum Gasteiger partial charge on any atom is -0.0988 e. The molecular weight excluding hydrogens is 168 g/mol. The molecule has 0 atom stereocenters. The summed E-state index contributed by atoms with van der Waals surface area (Å²) in [4.78, 5) is 0. The van der Waals surface area contributed by atoms with E-state index in [4.69, 9.17) is 0 Å². The average Bonchev–Trinajstić information content (AvgIpc) is 2.64. The third-order valence-corrected chi connectivity index (χ3v) is 2.04. The first kappa shape index (κ1) is 15.7. The SMILES string of the molecule is C=CC1=C(C=C)CC(C)C1.CC.CC. The number of hydrogen-bond acceptors (Lipinski definition) is 0. The Labute approximate surface area is 90.4 Å². The molecule has 0 amide bonds. The van der Waals surface area contributed by atoms with E-state index in [-0.39, 0.29) is 0 Å². The molecule has 0 aromatic rings. The maximum absolute atomic E-state index is 3.77. The molecule has 0 radical (unpaired) electrons. The summed E-state index contributed by atoms with van der Waals surface area (Å²) in [5.41, 5.74) is 2.78. The molecule has 0 fully saturated rings. The standard InChI is InChI=1S/C10H14.2C2H6/c1-4-9-6-8(3)7-10(9)5-2;2*1-2/h4-5,8H,1-2,6-7H2,3H3;2*1-2H3. The van der Waals surface area contributed by atoms with Gasteiger partial charge in [-0.15, -0.1) is 0 Å². The van der Waals surface area contributed by atoms with E-state index in [1.54, 1.807) is 0 Å². The van der Waals surface area contributed by atoms with Gasteiger partial charge in [0.25, 0.3) is 0 Å². The lowest BCUT2D eigenvalue weighted by Crippen LogP contribution is -1.83. The lowest BCUT2D eigenvalue weighted by molar-refractivity contribution is 0.626. The van der Waals surface area contributed by atoms with Crippen molar-refractivity contribution in [1.29, 1.82) is 0 Å². The van der Waals surface area contributed by atoms with Gasteiger partial charge in [-0.2, -0.15) is 0 Å². The van der Waals surface area contributed by atoms with Gasteiger partial charge in [0.15, 0.2) is 0 Å². The van der Waals surface area contributed by atoms with Crippen LogP contribution in [-0.4, -0.2) is 0 Å². The molecule has 0 heterocycles. The van der Waals surface area contributed by atoms with Crippen molar-refractivity contribution in [3.05, 3.63) is 36.5 Å². The third-order valence-electron chi connectivity index (χ3n) is 2.04. The molecule has 0 N–H and O–H groups in total. The van der Waals surface area contributed by atoms with Crippen LogP contribution in [0.1, 0.15) is 47.5 Å². The number of rotatable bonds is 2. The number of hydrogen-bond donors (Lipinski definition) is 0. The van der Waals surface area contributed by atoms with Gasteiger partial charge in [0.05, 0.1) is 0 Å². The second-order valence-corrected chi connectivity index (χ2v) is 2.97. The predicted molar refractivity (Wildman–Crippen MR) is 68.5 cm³/mol. The highest BCUT2D eigenvalue weighted by Gasteiger charge is 2.15. The molecule has 0 nitrogen and oxygen atoms in total. The van der Waals surface area contributed by atoms with Gasteiger partial charge in [0, 0.05) is 0 Å². The van der Waals surface area contributed by atoms with Gasteiger partial charge in [-0.1, -0.05) is 59.9 Å². The molecule has 0 unspecified atom stereocenters. The first-order valence-corrected chi connectivity index (χ1v) is 5.74. The summed E-state index contributed by atoms with van der Waals surface area (Å²) < 4.78 is 0. The molecule has 14 heavy (non-hydrogen) atoms. The Morgan fingerprint density at radius 1 is 0.929 bits per heavy atom. The van der Waals surface area contributed by atoms with E-state index in [1.807, 2.05) is 39.8 Å². The van der Waals surface area contributed by atoms with Gasteiger partial charge in [-0.3, -0.25) is 0 Å². The third kappa shape index (κ3) is 5.06. The Balaban J connectivity index is 0. The van der Waals surface area contributed by atoms with Gasteiger partial charge in [-0.25, -0.2) is 0 Å². The van der Waals surface area contributed by atoms with Crippen molar-refractivity contribution in [2.45, 2.75) is 47.5 Å². The van der Waals surface area contributed by atoms with Crippen LogP contribution in [0, 0.1) is 5.92 Å². The summed E-state index contributed by atoms with van der Waals surface area (Å²) in [5.74, 6) is 0.793. The maximum Gasteiger partial charge on any atom is -0.0247 e. The molecule has 0 saturated heterocycles. The first-order chi connectivity index (χ1) is 6.77.